The summed E-state index contributed by atoms with van der Waals surface area (Å²) >= 11 is 0. The number of anilines is 3. The van der Waals surface area contributed by atoms with Crippen molar-refractivity contribution in [1.29, 1.82) is 0 Å². The van der Waals surface area contributed by atoms with Crippen LogP contribution in [0.5, 0.6) is 0 Å². The summed E-state index contributed by atoms with van der Waals surface area (Å²) in [5.41, 5.74) is 31.5. The van der Waals surface area contributed by atoms with Crippen LogP contribution in [-0.4, -0.2) is 4.57 Å². The second kappa shape index (κ2) is 22.8. The summed E-state index contributed by atoms with van der Waals surface area (Å²) in [5.74, 6) is 0. The zero-order valence-corrected chi connectivity index (χ0v) is 56.8. The highest BCUT2D eigenvalue weighted by molar-refractivity contribution is 6.12. The number of nitrogens with zero attached hydrogens (tertiary/aromatic N) is 2. The van der Waals surface area contributed by atoms with Gasteiger partial charge in [0.1, 0.15) is 0 Å². The van der Waals surface area contributed by atoms with Crippen molar-refractivity contribution in [2.24, 2.45) is 0 Å². The summed E-state index contributed by atoms with van der Waals surface area (Å²) in [4.78, 5) is 2.50. The van der Waals surface area contributed by atoms with Crippen molar-refractivity contribution in [2.45, 2.75) is 124 Å². The van der Waals surface area contributed by atoms with E-state index in [4.69, 9.17) is 0 Å². The maximum atomic E-state index is 2.50. The first-order chi connectivity index (χ1) is 44.3. The third kappa shape index (κ3) is 11.5. The van der Waals surface area contributed by atoms with Gasteiger partial charge in [-0.3, -0.25) is 0 Å². The smallest absolute Gasteiger partial charge is 0.0544 e. The molecule has 12 aromatic carbocycles. The highest BCUT2D eigenvalue weighted by Gasteiger charge is 2.37. The molecule has 93 heavy (non-hydrogen) atoms. The van der Waals surface area contributed by atoms with E-state index in [-0.39, 0.29) is 27.1 Å². The van der Waals surface area contributed by atoms with E-state index in [1.54, 1.807) is 0 Å². The first-order valence-electron chi connectivity index (χ1n) is 33.4. The largest absolute Gasteiger partial charge is 0.310 e. The van der Waals surface area contributed by atoms with E-state index in [1.807, 2.05) is 0 Å². The predicted molar refractivity (Wildman–Crippen MR) is 400 cm³/mol. The maximum absolute atomic E-state index is 2.50. The quantitative estimate of drug-likeness (QED) is 0.132. The van der Waals surface area contributed by atoms with Gasteiger partial charge < -0.3 is 9.47 Å². The summed E-state index contributed by atoms with van der Waals surface area (Å²) in [5, 5.41) is 2.53. The third-order valence-corrected chi connectivity index (χ3v) is 19.8. The van der Waals surface area contributed by atoms with Gasteiger partial charge in [-0.05, 0) is 236 Å². The van der Waals surface area contributed by atoms with E-state index in [0.29, 0.717) is 0 Å². The molecular weight excluding hydrogens is 1120 g/mol. The van der Waals surface area contributed by atoms with Crippen LogP contribution in [0.15, 0.2) is 267 Å². The van der Waals surface area contributed by atoms with Crippen molar-refractivity contribution in [3.63, 3.8) is 0 Å². The minimum Gasteiger partial charge on any atom is -0.310 e. The Bertz CT molecular complexity index is 4610. The van der Waals surface area contributed by atoms with Crippen LogP contribution < -0.4 is 4.90 Å². The normalized spacial score (nSPS) is 13.1. The van der Waals surface area contributed by atoms with Gasteiger partial charge in [0, 0.05) is 38.9 Å². The summed E-state index contributed by atoms with van der Waals surface area (Å²) in [6, 6.07) is 102. The highest BCUT2D eigenvalue weighted by Crippen LogP contribution is 2.53. The Hall–Kier alpha value is -9.76. The number of rotatable bonds is 10. The van der Waals surface area contributed by atoms with E-state index < -0.39 is 0 Å². The molecule has 0 saturated carbocycles. The molecule has 0 aliphatic heterocycles. The fourth-order valence-electron chi connectivity index (χ4n) is 14.2. The Morgan fingerprint density at radius 3 is 1.03 bits per heavy atom. The van der Waals surface area contributed by atoms with Gasteiger partial charge in [0.05, 0.1) is 11.0 Å². The molecule has 0 fully saturated rings. The molecule has 0 amide bonds. The number of para-hydroxylation sites is 2. The SMILES string of the molecule is CC(C)(C)c1ccc(-c2cc(-c3ccc(C(C)(C)C)cc3)cc(-c3cccc(N(c4cccc(-c5cc(-c6ccc(C(C)(C)C)cc6)cc(-c6ccc(C(C)(C)C)cc6)c5)c4)c4ccc5c(c4)C(C)(C)c4cc6c(cc4-5)c4ccccc4n6-c4ccccc4)c3)c2)cc1. The fraction of sp³-hybridized carbons (Fsp3) is 0.209. The molecule has 13 aromatic rings. The first kappa shape index (κ1) is 60.8. The average Bonchev–Trinajstić information content (AvgIpc) is 1.55. The van der Waals surface area contributed by atoms with E-state index in [9.17, 15) is 0 Å². The molecule has 460 valence electrons. The number of aromatic nitrogens is 1. The van der Waals surface area contributed by atoms with Crippen molar-refractivity contribution in [1.82, 2.24) is 4.57 Å². The standard InChI is InChI=1S/C91H86N2/c1-87(2,3)71-38-30-59(31-39-71)65-48-66(60-32-40-72(41-33-60)88(4,5)6)51-69(50-65)63-22-20-26-76(54-63)92(78-46-47-79-81-57-82-80-28-18-19-29-85(80)93(75-24-16-15-17-25-75)86(82)58-84(81)91(13,14)83(79)56-78)77-27-21-23-64(55-77)70-52-67(61-34-42-73(43-35-61)89(7,8)9)49-68(53-70)62-36-44-74(45-37-62)90(10,11)12/h15-58H,1-14H3. The Kier molecular flexibility index (Phi) is 14.9. The summed E-state index contributed by atoms with van der Waals surface area (Å²) < 4.78 is 2.45. The summed E-state index contributed by atoms with van der Waals surface area (Å²) in [6.45, 7) is 32.3. The molecule has 0 N–H and O–H groups in total. The van der Waals surface area contributed by atoms with Gasteiger partial charge in [-0.2, -0.15) is 0 Å². The van der Waals surface area contributed by atoms with Crippen molar-refractivity contribution in [3.8, 4) is 83.6 Å². The molecule has 0 saturated heterocycles. The highest BCUT2D eigenvalue weighted by atomic mass is 15.1. The average molecular weight is 1210 g/mol. The molecule has 0 unspecified atom stereocenters. The topological polar surface area (TPSA) is 8.17 Å². The van der Waals surface area contributed by atoms with Gasteiger partial charge in [0.15, 0.2) is 0 Å². The molecule has 1 aliphatic rings. The number of hydrogen-bond donors (Lipinski definition) is 0. The molecule has 1 heterocycles. The molecule has 2 heteroatoms. The van der Waals surface area contributed by atoms with Crippen LogP contribution in [0, 0.1) is 0 Å². The Morgan fingerprint density at radius 2 is 0.624 bits per heavy atom. The van der Waals surface area contributed by atoms with Crippen molar-refractivity contribution in [3.05, 3.63) is 300 Å². The van der Waals surface area contributed by atoms with Crippen LogP contribution in [0.1, 0.15) is 130 Å². The van der Waals surface area contributed by atoms with E-state index >= 15 is 0 Å². The Balaban J connectivity index is 0.945. The van der Waals surface area contributed by atoms with Crippen LogP contribution >= 0.6 is 0 Å². The molecule has 0 bridgehead atoms. The lowest BCUT2D eigenvalue weighted by Gasteiger charge is -2.29. The number of benzene rings is 12. The second-order valence-electron chi connectivity index (χ2n) is 30.8. The number of fused-ring (bicyclic) bond motifs is 6. The zero-order valence-electron chi connectivity index (χ0n) is 56.8. The zero-order chi connectivity index (χ0) is 64.9. The lowest BCUT2D eigenvalue weighted by molar-refractivity contribution is 0.590. The van der Waals surface area contributed by atoms with E-state index in [1.165, 1.54) is 117 Å². The maximum Gasteiger partial charge on any atom is 0.0544 e. The monoisotopic (exact) mass is 1210 g/mol. The molecule has 0 spiro atoms. The van der Waals surface area contributed by atoms with Gasteiger partial charge in [0.25, 0.3) is 0 Å². The van der Waals surface area contributed by atoms with E-state index in [0.717, 1.165) is 39.3 Å². The molecule has 2 nitrogen and oxygen atoms in total. The Labute approximate surface area is 552 Å². The lowest BCUT2D eigenvalue weighted by atomic mass is 9.82. The van der Waals surface area contributed by atoms with Crippen molar-refractivity contribution >= 4 is 38.9 Å². The van der Waals surface area contributed by atoms with Gasteiger partial charge in [-0.1, -0.05) is 261 Å². The summed E-state index contributed by atoms with van der Waals surface area (Å²) in [6.07, 6.45) is 0. The third-order valence-electron chi connectivity index (χ3n) is 19.8. The minimum absolute atomic E-state index is 0.0486. The molecule has 14 rings (SSSR count). The van der Waals surface area contributed by atoms with Crippen LogP contribution in [0.3, 0.4) is 0 Å². The number of hydrogen-bond acceptors (Lipinski definition) is 1. The van der Waals surface area contributed by atoms with Crippen LogP contribution in [0.2, 0.25) is 0 Å². The molecule has 0 radical (unpaired) electrons. The second-order valence-corrected chi connectivity index (χ2v) is 30.8. The molecule has 1 aliphatic carbocycles. The van der Waals surface area contributed by atoms with Crippen LogP contribution in [-0.2, 0) is 27.1 Å². The lowest BCUT2D eigenvalue weighted by Crippen LogP contribution is -2.17. The molecular formula is C91H86N2. The van der Waals surface area contributed by atoms with Gasteiger partial charge in [-0.15, -0.1) is 0 Å². The van der Waals surface area contributed by atoms with Crippen molar-refractivity contribution in [2.75, 3.05) is 4.90 Å². The summed E-state index contributed by atoms with van der Waals surface area (Å²) in [7, 11) is 0. The van der Waals surface area contributed by atoms with Gasteiger partial charge in [0.2, 0.25) is 0 Å². The van der Waals surface area contributed by atoms with Crippen LogP contribution in [0.25, 0.3) is 105 Å². The fourth-order valence-corrected chi connectivity index (χ4v) is 14.2. The van der Waals surface area contributed by atoms with Crippen LogP contribution in [0.4, 0.5) is 17.1 Å². The minimum atomic E-state index is -0.317. The van der Waals surface area contributed by atoms with Gasteiger partial charge >= 0.3 is 0 Å². The predicted octanol–water partition coefficient (Wildman–Crippen LogP) is 25.8. The first-order valence-corrected chi connectivity index (χ1v) is 33.4. The molecule has 1 aromatic heterocycles. The molecule has 0 atom stereocenters. The van der Waals surface area contributed by atoms with Crippen molar-refractivity contribution < 1.29 is 0 Å². The van der Waals surface area contributed by atoms with Gasteiger partial charge in [-0.25, -0.2) is 0 Å². The Morgan fingerprint density at radius 1 is 0.258 bits per heavy atom. The van der Waals surface area contributed by atoms with E-state index in [2.05, 4.69) is 373 Å².